The van der Waals surface area contributed by atoms with E-state index in [0.717, 1.165) is 23.0 Å². The number of halogens is 1. The van der Waals surface area contributed by atoms with Gasteiger partial charge in [-0.15, -0.1) is 0 Å². The number of anilines is 1. The zero-order valence-electron chi connectivity index (χ0n) is 16.4. The summed E-state index contributed by atoms with van der Waals surface area (Å²) in [6, 6.07) is 19.8. The predicted molar refractivity (Wildman–Crippen MR) is 118 cm³/mol. The van der Waals surface area contributed by atoms with Gasteiger partial charge in [0.05, 0.1) is 10.6 Å². The summed E-state index contributed by atoms with van der Waals surface area (Å²) in [6.07, 6.45) is 1.14. The maximum absolute atomic E-state index is 13.8. The van der Waals surface area contributed by atoms with Crippen molar-refractivity contribution in [3.05, 3.63) is 102 Å². The quantitative estimate of drug-likeness (QED) is 0.457. The molecule has 0 aliphatic rings. The third kappa shape index (κ3) is 4.43. The van der Waals surface area contributed by atoms with Crippen molar-refractivity contribution in [2.24, 2.45) is 0 Å². The number of nitrogens with one attached hydrogen (secondary N) is 1. The van der Waals surface area contributed by atoms with Gasteiger partial charge in [0.1, 0.15) is 0 Å². The van der Waals surface area contributed by atoms with E-state index in [1.165, 1.54) is 6.07 Å². The molecular weight excluding hydrogens is 431 g/mol. The zero-order chi connectivity index (χ0) is 22.7. The molecule has 158 valence electrons. The number of fused-ring (bicyclic) bond motifs is 1. The van der Waals surface area contributed by atoms with E-state index < -0.39 is 27.5 Å². The lowest BCUT2D eigenvalue weighted by Gasteiger charge is -2.10. The number of hydrogen-bond donors (Lipinski definition) is 2. The molecule has 0 bridgehead atoms. The summed E-state index contributed by atoms with van der Waals surface area (Å²) >= 11 is 0. The van der Waals surface area contributed by atoms with Gasteiger partial charge in [0.2, 0.25) is 0 Å². The van der Waals surface area contributed by atoms with Crippen molar-refractivity contribution in [3.63, 3.8) is 0 Å². The number of nitrogens with zero attached hydrogens (tertiary/aromatic N) is 1. The normalized spacial score (nSPS) is 10.9. The first-order valence-corrected chi connectivity index (χ1v) is 10.8. The van der Waals surface area contributed by atoms with Gasteiger partial charge >= 0.3 is 5.97 Å². The Morgan fingerprint density at radius 3 is 2.41 bits per heavy atom. The molecule has 0 radical (unpaired) electrons. The Bertz CT molecular complexity index is 1520. The molecule has 0 atom stereocenters. The smallest absolute Gasteiger partial charge is 0.357 e. The minimum absolute atomic E-state index is 0.106. The lowest BCUT2D eigenvalue weighted by molar-refractivity contribution is 0.0685. The second-order valence-corrected chi connectivity index (χ2v) is 8.45. The Hall–Kier alpha value is -4.22. The highest BCUT2D eigenvalue weighted by Gasteiger charge is 2.16. The lowest BCUT2D eigenvalue weighted by Crippen LogP contribution is -2.13. The Morgan fingerprint density at radius 2 is 1.66 bits per heavy atom. The summed E-state index contributed by atoms with van der Waals surface area (Å²) in [5, 5.41) is 10.6. The summed E-state index contributed by atoms with van der Waals surface area (Å²) < 4.78 is 42.3. The van der Waals surface area contributed by atoms with Crippen LogP contribution < -0.4 is 4.72 Å². The molecule has 0 amide bonds. The van der Waals surface area contributed by atoms with Gasteiger partial charge < -0.3 is 5.11 Å². The molecule has 8 heteroatoms. The van der Waals surface area contributed by atoms with Crippen molar-refractivity contribution >= 4 is 32.5 Å². The first-order valence-electron chi connectivity index (χ1n) is 9.35. The second-order valence-electron chi connectivity index (χ2n) is 6.77. The average molecular weight is 446 g/mol. The van der Waals surface area contributed by atoms with Crippen molar-refractivity contribution in [2.75, 3.05) is 4.72 Å². The fraction of sp³-hybridized carbons (Fsp3) is 0. The van der Waals surface area contributed by atoms with Crippen molar-refractivity contribution in [3.8, 4) is 11.8 Å². The molecule has 0 aliphatic heterocycles. The van der Waals surface area contributed by atoms with Crippen LogP contribution in [0.2, 0.25) is 0 Å². The van der Waals surface area contributed by atoms with Crippen LogP contribution in [0.5, 0.6) is 0 Å². The number of sulfonamides is 1. The van der Waals surface area contributed by atoms with Gasteiger partial charge in [0.15, 0.2) is 11.5 Å². The molecule has 0 saturated carbocycles. The number of pyridine rings is 1. The molecule has 6 nitrogen and oxygen atoms in total. The molecule has 3 aromatic carbocycles. The van der Waals surface area contributed by atoms with Crippen LogP contribution in [-0.2, 0) is 10.0 Å². The Kier molecular flexibility index (Phi) is 5.58. The van der Waals surface area contributed by atoms with Crippen molar-refractivity contribution < 1.29 is 22.7 Å². The van der Waals surface area contributed by atoms with Crippen LogP contribution >= 0.6 is 0 Å². The molecule has 0 unspecified atom stereocenters. The fourth-order valence-electron chi connectivity index (χ4n) is 3.02. The van der Waals surface area contributed by atoms with Crippen LogP contribution in [-0.4, -0.2) is 24.5 Å². The third-order valence-electron chi connectivity index (χ3n) is 4.59. The van der Waals surface area contributed by atoms with Crippen LogP contribution in [0.4, 0.5) is 10.1 Å². The van der Waals surface area contributed by atoms with Gasteiger partial charge in [-0.25, -0.2) is 22.6 Å². The SMILES string of the molecule is O=C(O)c1ncc(C#Cc2ccccc2NS(=O)(=O)c2ccc3ccccc3c2)cc1F. The predicted octanol–water partition coefficient (Wildman–Crippen LogP) is 4.27. The number of rotatable bonds is 4. The van der Waals surface area contributed by atoms with Gasteiger partial charge in [0, 0.05) is 17.3 Å². The first-order chi connectivity index (χ1) is 15.3. The molecule has 4 rings (SSSR count). The van der Waals surface area contributed by atoms with Gasteiger partial charge in [-0.3, -0.25) is 4.72 Å². The minimum atomic E-state index is -3.89. The summed E-state index contributed by atoms with van der Waals surface area (Å²) in [6.45, 7) is 0. The monoisotopic (exact) mass is 446 g/mol. The molecule has 0 fully saturated rings. The van der Waals surface area contributed by atoms with Crippen molar-refractivity contribution in [2.45, 2.75) is 4.90 Å². The summed E-state index contributed by atoms with van der Waals surface area (Å²) in [5.41, 5.74) is 0.0714. The Labute approximate surface area is 183 Å². The number of aromatic carboxylic acids is 1. The van der Waals surface area contributed by atoms with Crippen molar-refractivity contribution in [1.29, 1.82) is 0 Å². The summed E-state index contributed by atoms with van der Waals surface area (Å²) in [4.78, 5) is 14.5. The molecule has 0 aliphatic carbocycles. The van der Waals surface area contributed by atoms with Crippen LogP contribution in [0.15, 0.2) is 83.9 Å². The fourth-order valence-corrected chi connectivity index (χ4v) is 4.14. The third-order valence-corrected chi connectivity index (χ3v) is 5.95. The largest absolute Gasteiger partial charge is 0.476 e. The number of aromatic nitrogens is 1. The van der Waals surface area contributed by atoms with E-state index in [4.69, 9.17) is 5.11 Å². The topological polar surface area (TPSA) is 96.4 Å². The number of carbonyl (C=O) groups is 1. The van der Waals surface area contributed by atoms with Gasteiger partial charge in [-0.2, -0.15) is 0 Å². The van der Waals surface area contributed by atoms with Crippen molar-refractivity contribution in [1.82, 2.24) is 4.98 Å². The van der Waals surface area contributed by atoms with Crippen LogP contribution in [0.1, 0.15) is 21.6 Å². The molecule has 4 aromatic rings. The molecular formula is C24H15FN2O4S. The molecule has 1 aromatic heterocycles. The minimum Gasteiger partial charge on any atom is -0.476 e. The molecule has 0 saturated heterocycles. The van der Waals surface area contributed by atoms with E-state index in [-0.39, 0.29) is 16.1 Å². The standard InChI is InChI=1S/C24H15FN2O4S/c25-21-13-16(15-26-23(21)24(28)29)9-10-18-6-3-4-8-22(18)27-32(30,31)20-12-11-17-5-1-2-7-19(17)14-20/h1-8,11-15,27H,(H,28,29). The zero-order valence-corrected chi connectivity index (χ0v) is 17.2. The Balaban J connectivity index is 1.65. The molecule has 2 N–H and O–H groups in total. The molecule has 1 heterocycles. The lowest BCUT2D eigenvalue weighted by atomic mass is 10.1. The van der Waals surface area contributed by atoms with Gasteiger partial charge in [-0.1, -0.05) is 54.3 Å². The van der Waals surface area contributed by atoms with E-state index in [1.807, 2.05) is 24.3 Å². The van der Waals surface area contributed by atoms with Crippen LogP contribution in [0, 0.1) is 17.7 Å². The summed E-state index contributed by atoms with van der Waals surface area (Å²) in [5.74, 6) is 2.97. The van der Waals surface area contributed by atoms with E-state index in [0.29, 0.717) is 5.56 Å². The van der Waals surface area contributed by atoms with E-state index in [9.17, 15) is 17.6 Å². The van der Waals surface area contributed by atoms with Gasteiger partial charge in [-0.05, 0) is 41.1 Å². The Morgan fingerprint density at radius 1 is 0.938 bits per heavy atom. The van der Waals surface area contributed by atoms with Crippen LogP contribution in [0.25, 0.3) is 10.8 Å². The van der Waals surface area contributed by atoms with E-state index >= 15 is 0 Å². The maximum Gasteiger partial charge on any atom is 0.357 e. The molecule has 32 heavy (non-hydrogen) atoms. The number of benzene rings is 3. The highest BCUT2D eigenvalue weighted by molar-refractivity contribution is 7.92. The number of carboxylic acid groups (broad SMARTS) is 1. The first kappa shape index (κ1) is 21.0. The number of hydrogen-bond acceptors (Lipinski definition) is 4. The van der Waals surface area contributed by atoms with Gasteiger partial charge in [0.25, 0.3) is 10.0 Å². The average Bonchev–Trinajstić information content (AvgIpc) is 2.77. The van der Waals surface area contributed by atoms with E-state index in [2.05, 4.69) is 21.5 Å². The maximum atomic E-state index is 13.8. The second kappa shape index (κ2) is 8.49. The molecule has 0 spiro atoms. The number of para-hydroxylation sites is 1. The summed E-state index contributed by atoms with van der Waals surface area (Å²) in [7, 11) is -3.89. The van der Waals surface area contributed by atoms with E-state index in [1.54, 1.807) is 36.4 Å². The van der Waals surface area contributed by atoms with Crippen LogP contribution in [0.3, 0.4) is 0 Å². The highest BCUT2D eigenvalue weighted by atomic mass is 32.2. The highest BCUT2D eigenvalue weighted by Crippen LogP contribution is 2.23. The number of carboxylic acids is 1.